The molecule has 1 aliphatic rings. The number of rotatable bonds is 10. The van der Waals surface area contributed by atoms with E-state index in [0.717, 1.165) is 37.9 Å². The predicted molar refractivity (Wildman–Crippen MR) is 112 cm³/mol. The van der Waals surface area contributed by atoms with Crippen molar-refractivity contribution in [2.75, 3.05) is 25.1 Å². The van der Waals surface area contributed by atoms with Crippen LogP contribution < -0.4 is 10.1 Å². The highest BCUT2D eigenvalue weighted by molar-refractivity contribution is 5.38. The van der Waals surface area contributed by atoms with Crippen molar-refractivity contribution in [2.24, 2.45) is 0 Å². The molecule has 0 radical (unpaired) electrons. The van der Waals surface area contributed by atoms with Gasteiger partial charge in [-0.1, -0.05) is 31.5 Å². The molecule has 0 saturated carbocycles. The molecule has 3 rings (SSSR count). The fourth-order valence-corrected chi connectivity index (χ4v) is 3.56. The first-order valence-electron chi connectivity index (χ1n) is 10.7. The number of pyridine rings is 1. The van der Waals surface area contributed by atoms with E-state index in [1.807, 2.05) is 18.3 Å². The number of benzene rings is 1. The van der Waals surface area contributed by atoms with Crippen LogP contribution in [0.2, 0.25) is 0 Å². The Balaban J connectivity index is 1.49. The van der Waals surface area contributed by atoms with Crippen molar-refractivity contribution in [3.05, 3.63) is 53.7 Å². The summed E-state index contributed by atoms with van der Waals surface area (Å²) in [5.74, 6) is 0.812. The van der Waals surface area contributed by atoms with Crippen LogP contribution in [0.3, 0.4) is 0 Å². The molecular formula is C23H29F3N2O3. The molecule has 1 saturated heterocycles. The van der Waals surface area contributed by atoms with Crippen molar-refractivity contribution in [1.82, 2.24) is 4.98 Å². The van der Waals surface area contributed by atoms with Gasteiger partial charge in [-0.3, -0.25) is 0 Å². The van der Waals surface area contributed by atoms with Crippen LogP contribution in [-0.2, 0) is 16.0 Å². The molecule has 1 aliphatic heterocycles. The van der Waals surface area contributed by atoms with E-state index in [2.05, 4.69) is 22.0 Å². The molecule has 0 bridgehead atoms. The molecule has 0 amide bonds. The third kappa shape index (κ3) is 8.03. The summed E-state index contributed by atoms with van der Waals surface area (Å²) < 4.78 is 52.6. The first-order valence-corrected chi connectivity index (χ1v) is 10.7. The first-order chi connectivity index (χ1) is 14.9. The number of alkyl halides is 3. The van der Waals surface area contributed by atoms with E-state index in [4.69, 9.17) is 9.47 Å². The van der Waals surface area contributed by atoms with Gasteiger partial charge in [0.2, 0.25) is 0 Å². The number of nitrogens with one attached hydrogen (secondary N) is 1. The molecule has 2 unspecified atom stereocenters. The average molecular weight is 438 g/mol. The Hall–Kier alpha value is -2.32. The summed E-state index contributed by atoms with van der Waals surface area (Å²) in [6.07, 6.45) is 1.31. The first kappa shape index (κ1) is 23.3. The molecule has 1 N–H and O–H groups in total. The van der Waals surface area contributed by atoms with Crippen LogP contribution in [-0.4, -0.2) is 37.3 Å². The summed E-state index contributed by atoms with van der Waals surface area (Å²) in [6.45, 7) is 4.59. The Morgan fingerprint density at radius 2 is 2.10 bits per heavy atom. The van der Waals surface area contributed by atoms with Gasteiger partial charge < -0.3 is 19.5 Å². The third-order valence-electron chi connectivity index (χ3n) is 5.18. The van der Waals surface area contributed by atoms with Crippen molar-refractivity contribution in [2.45, 2.75) is 57.5 Å². The SMILES string of the molecule is CCCCOCC1CC(c2ccc(NCc3cccc(OC(F)(F)F)c3)nc2)CCO1. The van der Waals surface area contributed by atoms with E-state index in [-0.39, 0.29) is 11.9 Å². The maximum Gasteiger partial charge on any atom is 0.573 e. The van der Waals surface area contributed by atoms with Crippen molar-refractivity contribution in [3.63, 3.8) is 0 Å². The standard InChI is InChI=1S/C23H29F3N2O3/c1-2-3-10-29-16-21-13-18(9-11-30-21)19-7-8-22(28-15-19)27-14-17-5-4-6-20(12-17)31-23(24,25)26/h4-8,12,15,18,21H,2-3,9-11,13-14,16H2,1H3,(H,27,28). The lowest BCUT2D eigenvalue weighted by Gasteiger charge is -2.29. The Kier molecular flexibility index (Phi) is 8.54. The fraction of sp³-hybridized carbons (Fsp3) is 0.522. The zero-order chi connectivity index (χ0) is 22.1. The summed E-state index contributed by atoms with van der Waals surface area (Å²) in [5.41, 5.74) is 1.83. The second kappa shape index (κ2) is 11.3. The Bertz CT molecular complexity index is 799. The van der Waals surface area contributed by atoms with Gasteiger partial charge >= 0.3 is 6.36 Å². The molecule has 1 fully saturated rings. The topological polar surface area (TPSA) is 52.6 Å². The van der Waals surface area contributed by atoms with Gasteiger partial charge in [-0.05, 0) is 54.5 Å². The van der Waals surface area contributed by atoms with Crippen LogP contribution >= 0.6 is 0 Å². The Morgan fingerprint density at radius 3 is 2.84 bits per heavy atom. The second-order valence-electron chi connectivity index (χ2n) is 7.67. The van der Waals surface area contributed by atoms with Crippen LogP contribution in [0.1, 0.15) is 49.7 Å². The molecule has 8 heteroatoms. The largest absolute Gasteiger partial charge is 0.573 e. The molecule has 0 spiro atoms. The summed E-state index contributed by atoms with van der Waals surface area (Å²) >= 11 is 0. The highest BCUT2D eigenvalue weighted by Gasteiger charge is 2.31. The van der Waals surface area contributed by atoms with Crippen molar-refractivity contribution >= 4 is 5.82 Å². The lowest BCUT2D eigenvalue weighted by molar-refractivity contribution is -0.274. The molecule has 5 nitrogen and oxygen atoms in total. The number of hydrogen-bond donors (Lipinski definition) is 1. The Morgan fingerprint density at radius 1 is 1.23 bits per heavy atom. The molecule has 1 aromatic heterocycles. The number of unbranched alkanes of at least 4 members (excludes halogenated alkanes) is 1. The van der Waals surface area contributed by atoms with Crippen LogP contribution in [0.15, 0.2) is 42.6 Å². The summed E-state index contributed by atoms with van der Waals surface area (Å²) in [5, 5.41) is 3.14. The van der Waals surface area contributed by atoms with Crippen LogP contribution in [0.25, 0.3) is 0 Å². The van der Waals surface area contributed by atoms with E-state index >= 15 is 0 Å². The number of ether oxygens (including phenoxy) is 3. The molecule has 31 heavy (non-hydrogen) atoms. The number of aromatic nitrogens is 1. The minimum Gasteiger partial charge on any atom is -0.406 e. The maximum absolute atomic E-state index is 12.4. The highest BCUT2D eigenvalue weighted by atomic mass is 19.4. The normalized spacial score (nSPS) is 19.2. The van der Waals surface area contributed by atoms with E-state index in [1.165, 1.54) is 18.2 Å². The number of halogens is 3. The number of nitrogens with zero attached hydrogens (tertiary/aromatic N) is 1. The Labute approximate surface area is 180 Å². The number of anilines is 1. The fourth-order valence-electron chi connectivity index (χ4n) is 3.56. The van der Waals surface area contributed by atoms with E-state index in [9.17, 15) is 13.2 Å². The quantitative estimate of drug-likeness (QED) is 0.484. The summed E-state index contributed by atoms with van der Waals surface area (Å²) in [4.78, 5) is 4.47. The third-order valence-corrected chi connectivity index (χ3v) is 5.18. The molecule has 0 aliphatic carbocycles. The second-order valence-corrected chi connectivity index (χ2v) is 7.67. The van der Waals surface area contributed by atoms with Crippen LogP contribution in [0.5, 0.6) is 5.75 Å². The van der Waals surface area contributed by atoms with Crippen molar-refractivity contribution < 1.29 is 27.4 Å². The van der Waals surface area contributed by atoms with Gasteiger partial charge in [0.05, 0.1) is 12.7 Å². The maximum atomic E-state index is 12.4. The van der Waals surface area contributed by atoms with Crippen molar-refractivity contribution in [3.8, 4) is 5.75 Å². The molecule has 2 aromatic rings. The molecule has 170 valence electrons. The summed E-state index contributed by atoms with van der Waals surface area (Å²) in [6, 6.07) is 9.84. The molecular weight excluding hydrogens is 409 g/mol. The molecule has 1 aromatic carbocycles. The molecule has 2 heterocycles. The van der Waals surface area contributed by atoms with E-state index in [0.29, 0.717) is 37.1 Å². The van der Waals surface area contributed by atoms with Crippen molar-refractivity contribution in [1.29, 1.82) is 0 Å². The average Bonchev–Trinajstić information content (AvgIpc) is 2.75. The highest BCUT2D eigenvalue weighted by Crippen LogP contribution is 2.30. The van der Waals surface area contributed by atoms with Crippen LogP contribution in [0, 0.1) is 0 Å². The molecule has 2 atom stereocenters. The monoisotopic (exact) mass is 438 g/mol. The van der Waals surface area contributed by atoms with Gasteiger partial charge in [0.1, 0.15) is 11.6 Å². The van der Waals surface area contributed by atoms with Gasteiger partial charge in [-0.25, -0.2) is 4.98 Å². The zero-order valence-corrected chi connectivity index (χ0v) is 17.7. The lowest BCUT2D eigenvalue weighted by Crippen LogP contribution is -2.29. The smallest absolute Gasteiger partial charge is 0.406 e. The van der Waals surface area contributed by atoms with Gasteiger partial charge in [-0.2, -0.15) is 0 Å². The van der Waals surface area contributed by atoms with Gasteiger partial charge in [-0.15, -0.1) is 13.2 Å². The van der Waals surface area contributed by atoms with E-state index in [1.54, 1.807) is 6.07 Å². The summed E-state index contributed by atoms with van der Waals surface area (Å²) in [7, 11) is 0. The lowest BCUT2D eigenvalue weighted by atomic mass is 9.90. The minimum atomic E-state index is -4.70. The zero-order valence-electron chi connectivity index (χ0n) is 17.7. The van der Waals surface area contributed by atoms with Gasteiger partial charge in [0, 0.05) is 26.0 Å². The minimum absolute atomic E-state index is 0.111. The van der Waals surface area contributed by atoms with Gasteiger partial charge in [0.15, 0.2) is 0 Å². The van der Waals surface area contributed by atoms with Crippen LogP contribution in [0.4, 0.5) is 19.0 Å². The van der Waals surface area contributed by atoms with E-state index < -0.39 is 6.36 Å². The van der Waals surface area contributed by atoms with Gasteiger partial charge in [0.25, 0.3) is 0 Å². The predicted octanol–water partition coefficient (Wildman–Crippen LogP) is 5.67. The number of hydrogen-bond acceptors (Lipinski definition) is 5.